The molecule has 2 rings (SSSR count). The number of carbonyl (C=O) groups excluding carboxylic acids is 2. The van der Waals surface area contributed by atoms with Crippen molar-refractivity contribution < 1.29 is 9.59 Å². The van der Waals surface area contributed by atoms with Gasteiger partial charge in [0.15, 0.2) is 0 Å². The molecule has 2 amide bonds. The Labute approximate surface area is 136 Å². The molecule has 1 N–H and O–H groups in total. The summed E-state index contributed by atoms with van der Waals surface area (Å²) in [5.74, 6) is 0.217. The predicted octanol–water partition coefficient (Wildman–Crippen LogP) is 1.67. The van der Waals surface area contributed by atoms with Crippen LogP contribution in [0, 0.1) is 5.41 Å². The van der Waals surface area contributed by atoms with Gasteiger partial charge in [-0.15, -0.1) is 11.3 Å². The molecule has 2 heterocycles. The summed E-state index contributed by atoms with van der Waals surface area (Å²) >= 11 is 1.49. The second kappa shape index (κ2) is 7.24. The average molecular weight is 323 g/mol. The zero-order valence-corrected chi connectivity index (χ0v) is 14.4. The van der Waals surface area contributed by atoms with E-state index in [0.29, 0.717) is 6.54 Å². The Morgan fingerprint density at radius 3 is 2.45 bits per heavy atom. The Morgan fingerprint density at radius 1 is 1.23 bits per heavy atom. The van der Waals surface area contributed by atoms with Gasteiger partial charge in [0, 0.05) is 44.7 Å². The predicted molar refractivity (Wildman–Crippen MR) is 89.1 cm³/mol. The van der Waals surface area contributed by atoms with Gasteiger partial charge in [-0.3, -0.25) is 14.5 Å². The number of carbonyl (C=O) groups is 2. The van der Waals surface area contributed by atoms with Gasteiger partial charge in [-0.2, -0.15) is 0 Å². The quantitative estimate of drug-likeness (QED) is 0.917. The van der Waals surface area contributed by atoms with E-state index in [-0.39, 0.29) is 17.2 Å². The highest BCUT2D eigenvalue weighted by Crippen LogP contribution is 2.14. The Kier molecular flexibility index (Phi) is 5.58. The molecule has 0 atom stereocenters. The minimum atomic E-state index is -0.341. The molecule has 0 radical (unpaired) electrons. The normalized spacial score (nSPS) is 16.6. The van der Waals surface area contributed by atoms with Gasteiger partial charge in [0.25, 0.3) is 5.91 Å². The van der Waals surface area contributed by atoms with Crippen LogP contribution in [0.2, 0.25) is 0 Å². The van der Waals surface area contributed by atoms with E-state index in [1.54, 1.807) is 0 Å². The summed E-state index contributed by atoms with van der Waals surface area (Å²) in [6, 6.07) is 3.79. The topological polar surface area (TPSA) is 52.7 Å². The first kappa shape index (κ1) is 17.0. The van der Waals surface area contributed by atoms with E-state index in [2.05, 4.69) is 10.2 Å². The van der Waals surface area contributed by atoms with Crippen LogP contribution >= 0.6 is 11.3 Å². The molecule has 0 aliphatic carbocycles. The van der Waals surface area contributed by atoms with Gasteiger partial charge < -0.3 is 10.2 Å². The van der Waals surface area contributed by atoms with E-state index in [4.69, 9.17) is 0 Å². The molecular weight excluding hydrogens is 298 g/mol. The summed E-state index contributed by atoms with van der Waals surface area (Å²) in [4.78, 5) is 29.1. The van der Waals surface area contributed by atoms with Crippen molar-refractivity contribution in [1.29, 1.82) is 0 Å². The lowest BCUT2D eigenvalue weighted by atomic mass is 9.96. The Bertz CT molecular complexity index is 500. The lowest BCUT2D eigenvalue weighted by Crippen LogP contribution is -2.50. The van der Waals surface area contributed by atoms with Gasteiger partial charge >= 0.3 is 0 Å². The van der Waals surface area contributed by atoms with Crippen LogP contribution in [0.25, 0.3) is 0 Å². The molecule has 1 saturated heterocycles. The third kappa shape index (κ3) is 4.55. The third-order valence-corrected chi connectivity index (χ3v) is 4.64. The molecule has 1 aromatic rings. The third-order valence-electron chi connectivity index (χ3n) is 3.79. The number of nitrogens with zero attached hydrogens (tertiary/aromatic N) is 2. The maximum atomic E-state index is 12.2. The van der Waals surface area contributed by atoms with Crippen LogP contribution in [0.5, 0.6) is 0 Å². The SMILES string of the molecule is CC(C)(C)C(=O)NCCN1CCN(C(=O)c2cccs2)CC1. The maximum absolute atomic E-state index is 12.2. The van der Waals surface area contributed by atoms with Crippen molar-refractivity contribution in [3.05, 3.63) is 22.4 Å². The summed E-state index contributed by atoms with van der Waals surface area (Å²) in [6.07, 6.45) is 0. The van der Waals surface area contributed by atoms with Crippen LogP contribution in [-0.4, -0.2) is 60.9 Å². The Balaban J connectivity index is 1.69. The molecule has 1 aliphatic rings. The van der Waals surface area contributed by atoms with Gasteiger partial charge in [0.2, 0.25) is 5.91 Å². The lowest BCUT2D eigenvalue weighted by Gasteiger charge is -2.34. The Hall–Kier alpha value is -1.40. The number of nitrogens with one attached hydrogen (secondary N) is 1. The van der Waals surface area contributed by atoms with Gasteiger partial charge in [0.05, 0.1) is 4.88 Å². The maximum Gasteiger partial charge on any atom is 0.264 e. The number of piperazine rings is 1. The second-order valence-corrected chi connectivity index (χ2v) is 7.56. The monoisotopic (exact) mass is 323 g/mol. The van der Waals surface area contributed by atoms with E-state index >= 15 is 0 Å². The molecule has 0 aromatic carbocycles. The molecular formula is C16H25N3O2S. The molecule has 1 fully saturated rings. The molecule has 6 heteroatoms. The van der Waals surface area contributed by atoms with E-state index in [0.717, 1.165) is 37.6 Å². The summed E-state index contributed by atoms with van der Waals surface area (Å²) in [7, 11) is 0. The number of rotatable bonds is 4. The van der Waals surface area contributed by atoms with Crippen LogP contribution in [0.1, 0.15) is 30.4 Å². The van der Waals surface area contributed by atoms with Crippen molar-refractivity contribution >= 4 is 23.2 Å². The standard InChI is InChI=1S/C16H25N3O2S/c1-16(2,3)15(21)17-6-7-18-8-10-19(11-9-18)14(20)13-5-4-12-22-13/h4-5,12H,6-11H2,1-3H3,(H,17,21). The van der Waals surface area contributed by atoms with Crippen molar-refractivity contribution in [2.75, 3.05) is 39.3 Å². The minimum absolute atomic E-state index is 0.0824. The highest BCUT2D eigenvalue weighted by Gasteiger charge is 2.23. The van der Waals surface area contributed by atoms with E-state index in [9.17, 15) is 9.59 Å². The highest BCUT2D eigenvalue weighted by atomic mass is 32.1. The molecule has 22 heavy (non-hydrogen) atoms. The molecule has 5 nitrogen and oxygen atoms in total. The molecule has 0 saturated carbocycles. The van der Waals surface area contributed by atoms with Crippen LogP contribution < -0.4 is 5.32 Å². The van der Waals surface area contributed by atoms with Crippen molar-refractivity contribution in [2.24, 2.45) is 5.41 Å². The van der Waals surface area contributed by atoms with Crippen LogP contribution in [0.3, 0.4) is 0 Å². The van der Waals surface area contributed by atoms with E-state index in [1.807, 2.05) is 43.2 Å². The number of amides is 2. The minimum Gasteiger partial charge on any atom is -0.354 e. The molecule has 0 bridgehead atoms. The van der Waals surface area contributed by atoms with Gasteiger partial charge in [-0.25, -0.2) is 0 Å². The molecule has 122 valence electrons. The van der Waals surface area contributed by atoms with Crippen molar-refractivity contribution in [1.82, 2.24) is 15.1 Å². The zero-order valence-electron chi connectivity index (χ0n) is 13.6. The summed E-state index contributed by atoms with van der Waals surface area (Å²) in [6.45, 7) is 10.5. The number of thiophene rings is 1. The van der Waals surface area contributed by atoms with Crippen LogP contribution in [-0.2, 0) is 4.79 Å². The zero-order chi connectivity index (χ0) is 16.2. The van der Waals surface area contributed by atoms with Gasteiger partial charge in [-0.1, -0.05) is 26.8 Å². The second-order valence-electron chi connectivity index (χ2n) is 6.62. The van der Waals surface area contributed by atoms with E-state index in [1.165, 1.54) is 11.3 Å². The van der Waals surface area contributed by atoms with Crippen LogP contribution in [0.4, 0.5) is 0 Å². The summed E-state index contributed by atoms with van der Waals surface area (Å²) in [5, 5.41) is 4.90. The summed E-state index contributed by atoms with van der Waals surface area (Å²) in [5.41, 5.74) is -0.341. The molecule has 0 spiro atoms. The fourth-order valence-electron chi connectivity index (χ4n) is 2.32. The van der Waals surface area contributed by atoms with Gasteiger partial charge in [0.1, 0.15) is 0 Å². The number of hydrogen-bond acceptors (Lipinski definition) is 4. The average Bonchev–Trinajstić information content (AvgIpc) is 3.00. The molecule has 0 unspecified atom stereocenters. The number of hydrogen-bond donors (Lipinski definition) is 1. The fraction of sp³-hybridized carbons (Fsp3) is 0.625. The van der Waals surface area contributed by atoms with E-state index < -0.39 is 0 Å². The first-order chi connectivity index (χ1) is 10.4. The fourth-order valence-corrected chi connectivity index (χ4v) is 3.01. The van der Waals surface area contributed by atoms with Gasteiger partial charge in [-0.05, 0) is 11.4 Å². The first-order valence-corrected chi connectivity index (χ1v) is 8.59. The molecule has 1 aliphatic heterocycles. The van der Waals surface area contributed by atoms with Crippen molar-refractivity contribution in [3.63, 3.8) is 0 Å². The highest BCUT2D eigenvalue weighted by molar-refractivity contribution is 7.12. The van der Waals surface area contributed by atoms with Crippen LogP contribution in [0.15, 0.2) is 17.5 Å². The first-order valence-electron chi connectivity index (χ1n) is 7.71. The van der Waals surface area contributed by atoms with Crippen molar-refractivity contribution in [3.8, 4) is 0 Å². The smallest absolute Gasteiger partial charge is 0.264 e. The van der Waals surface area contributed by atoms with Crippen molar-refractivity contribution in [2.45, 2.75) is 20.8 Å². The molecule has 1 aromatic heterocycles. The summed E-state index contributed by atoms with van der Waals surface area (Å²) < 4.78 is 0. The largest absolute Gasteiger partial charge is 0.354 e. The lowest BCUT2D eigenvalue weighted by molar-refractivity contribution is -0.128. The Morgan fingerprint density at radius 2 is 1.91 bits per heavy atom.